The van der Waals surface area contributed by atoms with Gasteiger partial charge in [0.1, 0.15) is 5.75 Å². The van der Waals surface area contributed by atoms with Crippen LogP contribution in [0.25, 0.3) is 0 Å². The van der Waals surface area contributed by atoms with Crippen LogP contribution in [-0.2, 0) is 11.8 Å². The van der Waals surface area contributed by atoms with E-state index in [1.165, 1.54) is 24.0 Å². The Morgan fingerprint density at radius 3 is 2.62 bits per heavy atom. The monoisotopic (exact) mass is 330 g/mol. The van der Waals surface area contributed by atoms with Crippen molar-refractivity contribution in [1.29, 1.82) is 0 Å². The summed E-state index contributed by atoms with van der Waals surface area (Å²) >= 11 is 0. The van der Waals surface area contributed by atoms with E-state index in [2.05, 4.69) is 51.8 Å². The van der Waals surface area contributed by atoms with Gasteiger partial charge in [-0.1, -0.05) is 26.8 Å². The van der Waals surface area contributed by atoms with Gasteiger partial charge in [0.2, 0.25) is 0 Å². The molecule has 4 atom stereocenters. The van der Waals surface area contributed by atoms with Gasteiger partial charge < -0.3 is 15.7 Å². The number of hydrogen-bond acceptors (Lipinski definition) is 3. The third-order valence-corrected chi connectivity index (χ3v) is 6.61. The number of fused-ring (bicyclic) bond motifs is 2. The van der Waals surface area contributed by atoms with Crippen molar-refractivity contribution >= 4 is 0 Å². The SMILES string of the molecule is CC(N)CN(C)CC1Cc2ccc(O)cc2C12C[C@@H](C)CC2(C)C. The molecule has 2 aliphatic rings. The molecule has 3 N–H and O–H groups in total. The minimum absolute atomic E-state index is 0.173. The van der Waals surface area contributed by atoms with Crippen molar-refractivity contribution in [3.8, 4) is 5.75 Å². The second-order valence-electron chi connectivity index (χ2n) is 9.31. The molecule has 3 rings (SSSR count). The van der Waals surface area contributed by atoms with Crippen molar-refractivity contribution in [2.24, 2.45) is 23.0 Å². The van der Waals surface area contributed by atoms with E-state index in [0.29, 0.717) is 11.7 Å². The van der Waals surface area contributed by atoms with Crippen LogP contribution in [0, 0.1) is 17.3 Å². The van der Waals surface area contributed by atoms with Crippen LogP contribution in [0.4, 0.5) is 0 Å². The normalized spacial score (nSPS) is 32.5. The van der Waals surface area contributed by atoms with E-state index in [-0.39, 0.29) is 16.9 Å². The summed E-state index contributed by atoms with van der Waals surface area (Å²) in [6.07, 6.45) is 3.61. The lowest BCUT2D eigenvalue weighted by Gasteiger charge is -2.45. The molecule has 0 amide bonds. The molecule has 3 heteroatoms. The van der Waals surface area contributed by atoms with Crippen LogP contribution < -0.4 is 5.73 Å². The van der Waals surface area contributed by atoms with Crippen LogP contribution >= 0.6 is 0 Å². The fourth-order valence-corrected chi connectivity index (χ4v) is 6.13. The number of likely N-dealkylation sites (N-methyl/N-ethyl adjacent to an activating group) is 1. The Bertz CT molecular complexity index is 610. The Morgan fingerprint density at radius 2 is 2.04 bits per heavy atom. The lowest BCUT2D eigenvalue weighted by Crippen LogP contribution is -2.47. The van der Waals surface area contributed by atoms with E-state index < -0.39 is 0 Å². The Labute approximate surface area is 147 Å². The smallest absolute Gasteiger partial charge is 0.115 e. The molecule has 2 aliphatic carbocycles. The predicted molar refractivity (Wildman–Crippen MR) is 100 cm³/mol. The standard InChI is InChI=1S/C21H34N2O/c1-14-10-20(3,4)21(11-14)17(13-23(5)12-15(2)22)8-16-6-7-18(24)9-19(16)21/h6-7,9,14-15,17,24H,8,10-13,22H2,1-5H3/t14-,15?,17?,21?/m0/s1. The quantitative estimate of drug-likeness (QED) is 0.888. The molecule has 0 aliphatic heterocycles. The van der Waals surface area contributed by atoms with Gasteiger partial charge in [0.15, 0.2) is 0 Å². The Kier molecular flexibility index (Phi) is 4.46. The lowest BCUT2D eigenvalue weighted by atomic mass is 9.60. The molecule has 0 radical (unpaired) electrons. The topological polar surface area (TPSA) is 49.5 Å². The maximum absolute atomic E-state index is 10.1. The average molecular weight is 331 g/mol. The largest absolute Gasteiger partial charge is 0.508 e. The minimum atomic E-state index is 0.173. The number of phenols is 1. The average Bonchev–Trinajstić information content (AvgIpc) is 2.85. The van der Waals surface area contributed by atoms with Crippen molar-refractivity contribution in [3.63, 3.8) is 0 Å². The van der Waals surface area contributed by atoms with Crippen molar-refractivity contribution in [2.75, 3.05) is 20.1 Å². The maximum atomic E-state index is 10.1. The van der Waals surface area contributed by atoms with Crippen LogP contribution in [0.15, 0.2) is 18.2 Å². The van der Waals surface area contributed by atoms with Crippen LogP contribution in [0.1, 0.15) is 51.7 Å². The number of benzene rings is 1. The summed E-state index contributed by atoms with van der Waals surface area (Å²) in [6, 6.07) is 6.26. The highest BCUT2D eigenvalue weighted by Gasteiger charge is 2.59. The van der Waals surface area contributed by atoms with Crippen molar-refractivity contribution in [3.05, 3.63) is 29.3 Å². The summed E-state index contributed by atoms with van der Waals surface area (Å²) in [4.78, 5) is 2.40. The van der Waals surface area contributed by atoms with Gasteiger partial charge in [0.05, 0.1) is 0 Å². The highest BCUT2D eigenvalue weighted by Crippen LogP contribution is 2.64. The summed E-state index contributed by atoms with van der Waals surface area (Å²) in [6.45, 7) is 11.4. The molecule has 134 valence electrons. The molecule has 1 aromatic rings. The Hall–Kier alpha value is -1.06. The summed E-state index contributed by atoms with van der Waals surface area (Å²) in [7, 11) is 2.20. The fraction of sp³-hybridized carbons (Fsp3) is 0.714. The first-order valence-electron chi connectivity index (χ1n) is 9.42. The van der Waals surface area contributed by atoms with Gasteiger partial charge in [-0.2, -0.15) is 0 Å². The summed E-state index contributed by atoms with van der Waals surface area (Å²) in [5.74, 6) is 1.74. The van der Waals surface area contributed by atoms with E-state index in [9.17, 15) is 5.11 Å². The summed E-state index contributed by atoms with van der Waals surface area (Å²) < 4.78 is 0. The van der Waals surface area contributed by atoms with Crippen molar-refractivity contribution in [1.82, 2.24) is 4.90 Å². The van der Waals surface area contributed by atoms with E-state index >= 15 is 0 Å². The van der Waals surface area contributed by atoms with Crippen molar-refractivity contribution in [2.45, 2.75) is 58.4 Å². The predicted octanol–water partition coefficient (Wildman–Crippen LogP) is 3.54. The van der Waals surface area contributed by atoms with E-state index in [4.69, 9.17) is 5.73 Å². The van der Waals surface area contributed by atoms with Gasteiger partial charge in [-0.15, -0.1) is 0 Å². The number of nitrogens with zero attached hydrogens (tertiary/aromatic N) is 1. The number of phenolic OH excluding ortho intramolecular Hbond substituents is 1. The molecule has 1 fully saturated rings. The highest BCUT2D eigenvalue weighted by atomic mass is 16.3. The third kappa shape index (κ3) is 2.76. The van der Waals surface area contributed by atoms with Gasteiger partial charge in [0.25, 0.3) is 0 Å². The van der Waals surface area contributed by atoms with Crippen LogP contribution in [0.5, 0.6) is 5.75 Å². The lowest BCUT2D eigenvalue weighted by molar-refractivity contribution is 0.107. The first-order valence-corrected chi connectivity index (χ1v) is 9.42. The van der Waals surface area contributed by atoms with E-state index in [1.54, 1.807) is 0 Å². The zero-order valence-electron chi connectivity index (χ0n) is 16.0. The molecular weight excluding hydrogens is 296 g/mol. The molecule has 1 spiro atoms. The zero-order chi connectivity index (χ0) is 17.7. The zero-order valence-corrected chi connectivity index (χ0v) is 16.0. The molecule has 1 saturated carbocycles. The van der Waals surface area contributed by atoms with Crippen LogP contribution in [0.2, 0.25) is 0 Å². The molecule has 0 saturated heterocycles. The molecule has 0 bridgehead atoms. The Balaban J connectivity index is 2.01. The summed E-state index contributed by atoms with van der Waals surface area (Å²) in [5.41, 5.74) is 9.30. The van der Waals surface area contributed by atoms with Gasteiger partial charge in [0, 0.05) is 24.5 Å². The van der Waals surface area contributed by atoms with Gasteiger partial charge in [-0.25, -0.2) is 0 Å². The van der Waals surface area contributed by atoms with Crippen molar-refractivity contribution < 1.29 is 5.11 Å². The van der Waals surface area contributed by atoms with Gasteiger partial charge >= 0.3 is 0 Å². The first kappa shape index (κ1) is 17.8. The molecule has 3 nitrogen and oxygen atoms in total. The van der Waals surface area contributed by atoms with Gasteiger partial charge in [-0.3, -0.25) is 0 Å². The molecular formula is C21H34N2O. The number of hydrogen-bond donors (Lipinski definition) is 2. The maximum Gasteiger partial charge on any atom is 0.115 e. The molecule has 0 aromatic heterocycles. The second-order valence-corrected chi connectivity index (χ2v) is 9.31. The number of rotatable bonds is 4. The molecule has 0 heterocycles. The number of nitrogens with two attached hydrogens (primary N) is 1. The number of aromatic hydroxyl groups is 1. The third-order valence-electron chi connectivity index (χ3n) is 6.61. The van der Waals surface area contributed by atoms with E-state index in [1.807, 2.05) is 6.07 Å². The first-order chi connectivity index (χ1) is 11.2. The second kappa shape index (κ2) is 6.03. The molecule has 24 heavy (non-hydrogen) atoms. The molecule has 3 unspecified atom stereocenters. The van der Waals surface area contributed by atoms with E-state index in [0.717, 1.165) is 25.4 Å². The summed E-state index contributed by atoms with van der Waals surface area (Å²) in [5, 5.41) is 10.1. The van der Waals surface area contributed by atoms with Gasteiger partial charge in [-0.05, 0) is 73.7 Å². The minimum Gasteiger partial charge on any atom is -0.508 e. The van der Waals surface area contributed by atoms with Crippen LogP contribution in [-0.4, -0.2) is 36.2 Å². The molecule has 1 aromatic carbocycles. The van der Waals surface area contributed by atoms with Crippen LogP contribution in [0.3, 0.4) is 0 Å². The highest BCUT2D eigenvalue weighted by molar-refractivity contribution is 5.48. The fourth-order valence-electron chi connectivity index (χ4n) is 6.13. The Morgan fingerprint density at radius 1 is 1.33 bits per heavy atom.